The van der Waals surface area contributed by atoms with Gasteiger partial charge in [-0.15, -0.1) is 0 Å². The zero-order chi connectivity index (χ0) is 19.5. The predicted octanol–water partition coefficient (Wildman–Crippen LogP) is 1.91. The number of nitrogens with zero attached hydrogens (tertiary/aromatic N) is 1. The summed E-state index contributed by atoms with van der Waals surface area (Å²) in [5.41, 5.74) is 1.59. The number of ether oxygens (including phenoxy) is 2. The molecule has 2 N–H and O–H groups in total. The maximum atomic E-state index is 12.5. The molecule has 4 amide bonds. The van der Waals surface area contributed by atoms with Crippen LogP contribution in [-0.2, 0) is 16.0 Å². The number of anilines is 1. The number of nitrogens with one attached hydrogen (secondary N) is 2. The van der Waals surface area contributed by atoms with E-state index in [4.69, 9.17) is 9.47 Å². The van der Waals surface area contributed by atoms with Crippen molar-refractivity contribution in [1.29, 1.82) is 0 Å². The third-order valence-corrected chi connectivity index (χ3v) is 4.63. The zero-order valence-electron chi connectivity index (χ0n) is 15.0. The molecule has 1 saturated heterocycles. The van der Waals surface area contributed by atoms with E-state index in [0.29, 0.717) is 30.0 Å². The van der Waals surface area contributed by atoms with E-state index in [1.807, 2.05) is 30.3 Å². The number of hydrogen-bond donors (Lipinski definition) is 2. The molecule has 1 atom stereocenters. The minimum atomic E-state index is -0.619. The van der Waals surface area contributed by atoms with Crippen molar-refractivity contribution in [3.8, 4) is 11.5 Å². The summed E-state index contributed by atoms with van der Waals surface area (Å²) >= 11 is 0. The first-order valence-electron chi connectivity index (χ1n) is 8.95. The van der Waals surface area contributed by atoms with Crippen molar-refractivity contribution in [2.45, 2.75) is 18.9 Å². The smallest absolute Gasteiger partial charge is 0.325 e. The molecule has 2 aromatic rings. The summed E-state index contributed by atoms with van der Waals surface area (Å²) in [5, 5.41) is 5.31. The number of benzene rings is 2. The molecule has 0 aromatic heterocycles. The molecule has 8 heteroatoms. The molecule has 0 unspecified atom stereocenters. The lowest BCUT2D eigenvalue weighted by molar-refractivity contribution is -0.130. The molecule has 0 saturated carbocycles. The summed E-state index contributed by atoms with van der Waals surface area (Å²) in [6.45, 7) is -0.208. The summed E-state index contributed by atoms with van der Waals surface area (Å²) in [4.78, 5) is 37.9. The van der Waals surface area contributed by atoms with E-state index in [-0.39, 0.29) is 19.2 Å². The molecule has 0 aliphatic carbocycles. The molecule has 144 valence electrons. The number of amides is 4. The number of carbonyl (C=O) groups is 3. The molecular weight excluding hydrogens is 362 g/mol. The van der Waals surface area contributed by atoms with Gasteiger partial charge in [-0.3, -0.25) is 14.5 Å². The molecule has 2 aliphatic heterocycles. The van der Waals surface area contributed by atoms with Crippen LogP contribution in [0.3, 0.4) is 0 Å². The van der Waals surface area contributed by atoms with Gasteiger partial charge >= 0.3 is 6.03 Å². The van der Waals surface area contributed by atoms with E-state index in [9.17, 15) is 14.4 Å². The van der Waals surface area contributed by atoms with Crippen LogP contribution >= 0.6 is 0 Å². The fourth-order valence-corrected chi connectivity index (χ4v) is 3.20. The molecule has 0 bridgehead atoms. The van der Waals surface area contributed by atoms with Crippen molar-refractivity contribution in [3.63, 3.8) is 0 Å². The van der Waals surface area contributed by atoms with Gasteiger partial charge in [0.15, 0.2) is 11.5 Å². The normalized spacial score (nSPS) is 17.6. The second-order valence-electron chi connectivity index (χ2n) is 6.57. The Morgan fingerprint density at radius 1 is 1.11 bits per heavy atom. The highest BCUT2D eigenvalue weighted by atomic mass is 16.7. The third-order valence-electron chi connectivity index (χ3n) is 4.63. The first kappa shape index (κ1) is 17.8. The van der Waals surface area contributed by atoms with Crippen molar-refractivity contribution in [2.75, 3.05) is 18.7 Å². The maximum absolute atomic E-state index is 12.5. The molecule has 2 aromatic carbocycles. The fraction of sp³-hybridized carbons (Fsp3) is 0.250. The SMILES string of the molecule is O=C(CN1C(=O)N[C@H](CCc2ccccc2)C1=O)Nc1ccc2c(c1)OCO2. The molecular formula is C20H19N3O5. The number of fused-ring (bicyclic) bond motifs is 1. The Labute approximate surface area is 161 Å². The van der Waals surface area contributed by atoms with E-state index in [1.165, 1.54) is 0 Å². The van der Waals surface area contributed by atoms with Crippen LogP contribution in [-0.4, -0.2) is 42.1 Å². The third kappa shape index (κ3) is 3.75. The number of carbonyl (C=O) groups excluding carboxylic acids is 3. The van der Waals surface area contributed by atoms with E-state index >= 15 is 0 Å². The van der Waals surface area contributed by atoms with Gasteiger partial charge in [0.1, 0.15) is 12.6 Å². The molecule has 2 heterocycles. The topological polar surface area (TPSA) is 97.0 Å². The lowest BCUT2D eigenvalue weighted by atomic mass is 10.1. The first-order valence-corrected chi connectivity index (χ1v) is 8.95. The maximum Gasteiger partial charge on any atom is 0.325 e. The largest absolute Gasteiger partial charge is 0.454 e. The standard InChI is InChI=1S/C20H19N3O5/c24-18(21-14-7-9-16-17(10-14)28-12-27-16)11-23-19(25)15(22-20(23)26)8-6-13-4-2-1-3-5-13/h1-5,7,9-10,15H,6,8,11-12H2,(H,21,24)(H,22,26)/t15-/m1/s1. The van der Waals surface area contributed by atoms with Gasteiger partial charge < -0.3 is 20.1 Å². The van der Waals surface area contributed by atoms with Crippen molar-refractivity contribution >= 4 is 23.5 Å². The Morgan fingerprint density at radius 3 is 2.71 bits per heavy atom. The van der Waals surface area contributed by atoms with Gasteiger partial charge in [0.2, 0.25) is 12.7 Å². The van der Waals surface area contributed by atoms with E-state index in [2.05, 4.69) is 10.6 Å². The summed E-state index contributed by atoms with van der Waals surface area (Å²) in [6.07, 6.45) is 1.14. The van der Waals surface area contributed by atoms with Crippen molar-refractivity contribution < 1.29 is 23.9 Å². The van der Waals surface area contributed by atoms with Crippen molar-refractivity contribution in [3.05, 3.63) is 54.1 Å². The number of aryl methyl sites for hydroxylation is 1. The van der Waals surface area contributed by atoms with Crippen LogP contribution in [0.2, 0.25) is 0 Å². The molecule has 0 spiro atoms. The summed E-state index contributed by atoms with van der Waals surface area (Å²) in [6, 6.07) is 13.5. The zero-order valence-corrected chi connectivity index (χ0v) is 15.0. The van der Waals surface area contributed by atoms with Crippen LogP contribution in [0.4, 0.5) is 10.5 Å². The first-order chi connectivity index (χ1) is 13.6. The van der Waals surface area contributed by atoms with Gasteiger partial charge in [-0.1, -0.05) is 30.3 Å². The highest BCUT2D eigenvalue weighted by Crippen LogP contribution is 2.34. The lowest BCUT2D eigenvalue weighted by Crippen LogP contribution is -2.38. The Bertz CT molecular complexity index is 915. The van der Waals surface area contributed by atoms with Crippen LogP contribution in [0.1, 0.15) is 12.0 Å². The van der Waals surface area contributed by atoms with E-state index in [0.717, 1.165) is 10.5 Å². The monoisotopic (exact) mass is 381 g/mol. The Balaban J connectivity index is 1.33. The molecule has 8 nitrogen and oxygen atoms in total. The minimum Gasteiger partial charge on any atom is -0.454 e. The summed E-state index contributed by atoms with van der Waals surface area (Å²) in [7, 11) is 0. The van der Waals surface area contributed by atoms with Crippen LogP contribution in [0.25, 0.3) is 0 Å². The Hall–Kier alpha value is -3.55. The number of urea groups is 1. The molecule has 4 rings (SSSR count). The van der Waals surface area contributed by atoms with Crippen LogP contribution in [0, 0.1) is 0 Å². The van der Waals surface area contributed by atoms with Crippen LogP contribution < -0.4 is 20.1 Å². The van der Waals surface area contributed by atoms with Gasteiger partial charge in [-0.2, -0.15) is 0 Å². The number of imide groups is 1. The number of rotatable bonds is 6. The highest BCUT2D eigenvalue weighted by molar-refractivity contribution is 6.07. The van der Waals surface area contributed by atoms with Gasteiger partial charge in [-0.05, 0) is 30.5 Å². The van der Waals surface area contributed by atoms with Gasteiger partial charge in [-0.25, -0.2) is 4.79 Å². The molecule has 28 heavy (non-hydrogen) atoms. The summed E-state index contributed by atoms with van der Waals surface area (Å²) < 4.78 is 10.5. The van der Waals surface area contributed by atoms with Gasteiger partial charge in [0, 0.05) is 11.8 Å². The second-order valence-corrected chi connectivity index (χ2v) is 6.57. The van der Waals surface area contributed by atoms with Gasteiger partial charge in [0.05, 0.1) is 0 Å². The van der Waals surface area contributed by atoms with E-state index in [1.54, 1.807) is 18.2 Å². The predicted molar refractivity (Wildman–Crippen MR) is 100.0 cm³/mol. The minimum absolute atomic E-state index is 0.138. The Morgan fingerprint density at radius 2 is 1.89 bits per heavy atom. The molecule has 2 aliphatic rings. The van der Waals surface area contributed by atoms with Crippen LogP contribution in [0.5, 0.6) is 11.5 Å². The fourth-order valence-electron chi connectivity index (χ4n) is 3.20. The number of hydrogen-bond acceptors (Lipinski definition) is 5. The van der Waals surface area contributed by atoms with Crippen LogP contribution in [0.15, 0.2) is 48.5 Å². The molecule has 1 fully saturated rings. The van der Waals surface area contributed by atoms with Gasteiger partial charge in [0.25, 0.3) is 5.91 Å². The Kier molecular flexibility index (Phi) is 4.84. The average molecular weight is 381 g/mol. The molecule has 0 radical (unpaired) electrons. The second kappa shape index (κ2) is 7.59. The average Bonchev–Trinajstić information content (AvgIpc) is 3.26. The lowest BCUT2D eigenvalue weighted by Gasteiger charge is -2.13. The highest BCUT2D eigenvalue weighted by Gasteiger charge is 2.38. The van der Waals surface area contributed by atoms with Crippen molar-refractivity contribution in [1.82, 2.24) is 10.2 Å². The quantitative estimate of drug-likeness (QED) is 0.745. The van der Waals surface area contributed by atoms with Crippen molar-refractivity contribution in [2.24, 2.45) is 0 Å². The summed E-state index contributed by atoms with van der Waals surface area (Å²) in [5.74, 6) is 0.287. The van der Waals surface area contributed by atoms with E-state index < -0.39 is 18.0 Å².